The van der Waals surface area contributed by atoms with Crippen LogP contribution in [0.15, 0.2) is 24.0 Å². The van der Waals surface area contributed by atoms with E-state index in [1.807, 2.05) is 39.9 Å². The number of piperidine rings is 1. The van der Waals surface area contributed by atoms with Gasteiger partial charge in [-0.25, -0.2) is 5.84 Å². The molecule has 2 aliphatic heterocycles. The maximum Gasteiger partial charge on any atom is 0.252 e. The lowest BCUT2D eigenvalue weighted by Crippen LogP contribution is -2.55. The van der Waals surface area contributed by atoms with Crippen molar-refractivity contribution in [2.45, 2.75) is 142 Å². The lowest BCUT2D eigenvalue weighted by molar-refractivity contribution is -0.146. The molecule has 0 aromatic heterocycles. The van der Waals surface area contributed by atoms with Crippen molar-refractivity contribution in [2.24, 2.45) is 29.3 Å². The predicted molar refractivity (Wildman–Crippen MR) is 264 cm³/mol. The third-order valence-electron chi connectivity index (χ3n) is 12.6. The van der Waals surface area contributed by atoms with Crippen molar-refractivity contribution in [2.75, 3.05) is 74.3 Å². The fourth-order valence-electron chi connectivity index (χ4n) is 9.04. The van der Waals surface area contributed by atoms with Crippen LogP contribution < -0.4 is 26.9 Å². The van der Waals surface area contributed by atoms with Crippen LogP contribution in [0.1, 0.15) is 99.3 Å². The Morgan fingerprint density at radius 1 is 0.940 bits per heavy atom. The third-order valence-corrected chi connectivity index (χ3v) is 13.4. The zero-order chi connectivity index (χ0) is 50.8. The number of nitrogens with one attached hydrogen (secondary N) is 3. The summed E-state index contributed by atoms with van der Waals surface area (Å²) >= 11 is 1.24. The van der Waals surface area contributed by atoms with Gasteiger partial charge in [0, 0.05) is 64.6 Å². The third kappa shape index (κ3) is 20.2. The van der Waals surface area contributed by atoms with Crippen molar-refractivity contribution in [1.29, 1.82) is 0 Å². The number of carbonyl (C=O) groups is 7. The molecule has 7 N–H and O–H groups in total. The Morgan fingerprint density at radius 2 is 1.58 bits per heavy atom. The number of hydrogen-bond acceptors (Lipinski definition) is 15. The maximum atomic E-state index is 14.1. The minimum absolute atomic E-state index is 0.00171. The van der Waals surface area contributed by atoms with Gasteiger partial charge in [0.2, 0.25) is 23.6 Å². The minimum Gasteiger partial charge on any atom is -0.400 e. The highest BCUT2D eigenvalue weighted by Crippen LogP contribution is 2.41. The van der Waals surface area contributed by atoms with Crippen LogP contribution in [0, 0.1) is 17.8 Å². The number of methoxy groups -OCH3 is 2. The second kappa shape index (κ2) is 32.6. The average molecular weight is 967 g/mol. The number of likely N-dealkylation sites (tertiary alicyclic amines) is 2. The number of nitrogens with zero attached hydrogens (tertiary/aromatic N) is 5. The fourth-order valence-corrected chi connectivity index (χ4v) is 9.73. The van der Waals surface area contributed by atoms with Gasteiger partial charge in [-0.2, -0.15) is 0 Å². The van der Waals surface area contributed by atoms with E-state index in [9.17, 15) is 33.6 Å². The Labute approximate surface area is 405 Å². The van der Waals surface area contributed by atoms with Gasteiger partial charge < -0.3 is 45.5 Å². The van der Waals surface area contributed by atoms with Crippen LogP contribution >= 0.6 is 11.9 Å². The molecule has 3 fully saturated rings. The van der Waals surface area contributed by atoms with Crippen LogP contribution in [-0.4, -0.2) is 183 Å². The summed E-state index contributed by atoms with van der Waals surface area (Å²) in [5.41, 5.74) is 6.62. The molecule has 1 aliphatic carbocycles. The van der Waals surface area contributed by atoms with Crippen molar-refractivity contribution in [1.82, 2.24) is 40.0 Å². The number of carbonyl (C=O) groups excluding carboxylic acids is 7. The molecule has 3 rings (SSSR count). The molecule has 0 spiro atoms. The topological polar surface area (TPSA) is 242 Å². The summed E-state index contributed by atoms with van der Waals surface area (Å²) in [6.07, 6.45) is 11.1. The van der Waals surface area contributed by atoms with Crippen LogP contribution in [0.25, 0.3) is 0 Å². The van der Waals surface area contributed by atoms with Crippen molar-refractivity contribution in [3.8, 4) is 0 Å². The number of fused-ring (bicyclic) bond motifs is 2. The van der Waals surface area contributed by atoms with Gasteiger partial charge in [-0.3, -0.25) is 43.2 Å². The van der Waals surface area contributed by atoms with Gasteiger partial charge in [0.25, 0.3) is 5.91 Å². The number of likely N-dealkylation sites (N-methyl/N-ethyl adjacent to an activating group) is 3. The second-order valence-corrected chi connectivity index (χ2v) is 19.0. The summed E-state index contributed by atoms with van der Waals surface area (Å²) in [7, 11) is 10.6. The molecule has 9 unspecified atom stereocenters. The maximum absolute atomic E-state index is 14.1. The number of nitrogens with two attached hydrogens (primary N) is 2. The standard InChI is InChI=1S/C40H74N10O7S.C4H4O2.C3H8/c1-11-25(2)35(48(8)34(52)22-43-40(55)36-28-15-16-30(20-28)47(36)7)32(56-9)21-33(51)50-18-12-14-31(50)37(57-10)26(3)38(53)44-27(4)39(54)45-58-19-13-17-49(42)24-29(41)23-46(5)6;5-3-1-2-4-6;1-3-2/h24-28,30-32,35-37H,11-23,41-42H2,1-10H3,(H,43,55)(H,44,53)(H,45,54);1-4H;3H2,1-2H3/b29-24-;2-1-;/t25?,26?,27-,28?,30?,31?,32?,35?,36?,37?;;/m0../s1. The van der Waals surface area contributed by atoms with E-state index in [2.05, 4.69) is 34.1 Å². The molecule has 2 heterocycles. The molecule has 20 heteroatoms. The number of aldehydes is 2. The number of amides is 5. The Hall–Kier alpha value is -4.08. The van der Waals surface area contributed by atoms with E-state index in [0.717, 1.165) is 44.3 Å². The lowest BCUT2D eigenvalue weighted by Gasteiger charge is -2.39. The number of hydrazine groups is 1. The van der Waals surface area contributed by atoms with E-state index in [-0.39, 0.29) is 60.5 Å². The summed E-state index contributed by atoms with van der Waals surface area (Å²) in [5.74, 6) is 5.08. The molecule has 2 saturated heterocycles. The molecule has 10 atom stereocenters. The Morgan fingerprint density at radius 3 is 2.12 bits per heavy atom. The van der Waals surface area contributed by atoms with Gasteiger partial charge in [0.15, 0.2) is 0 Å². The zero-order valence-electron chi connectivity index (χ0n) is 42.5. The molecule has 0 aromatic rings. The largest absolute Gasteiger partial charge is 0.400 e. The average Bonchev–Trinajstić information content (AvgIpc) is 4.05. The molecule has 0 radical (unpaired) electrons. The molecule has 384 valence electrons. The Balaban J connectivity index is 0.00000227. The molecule has 0 aromatic carbocycles. The minimum atomic E-state index is -0.798. The fraction of sp³-hybridized carbons (Fsp3) is 0.766. The van der Waals surface area contributed by atoms with Crippen molar-refractivity contribution in [3.05, 3.63) is 24.0 Å². The number of hydrogen-bond donors (Lipinski definition) is 5. The van der Waals surface area contributed by atoms with E-state index in [0.29, 0.717) is 68.5 Å². The predicted octanol–water partition coefficient (Wildman–Crippen LogP) is 2.06. The van der Waals surface area contributed by atoms with Gasteiger partial charge in [0.1, 0.15) is 18.6 Å². The van der Waals surface area contributed by atoms with E-state index in [1.165, 1.54) is 30.5 Å². The SMILES string of the molecule is CCC.CCC(C)C(C(CC(=O)N1CCCC1C(OC)C(C)C(=O)N[C@@H](C)C(=O)NSCCCN(N)/C=C(\N)CN(C)C)OC)N(C)C(=O)CNC(=O)C1C2CCC(C2)N1C.O=C/C=C\C=O. The molecule has 2 bridgehead atoms. The lowest BCUT2D eigenvalue weighted by atomic mass is 9.90. The second-order valence-electron chi connectivity index (χ2n) is 18.1. The van der Waals surface area contributed by atoms with Gasteiger partial charge in [-0.05, 0) is 90.6 Å². The van der Waals surface area contributed by atoms with Crippen LogP contribution in [0.3, 0.4) is 0 Å². The number of ether oxygens (including phenoxy) is 2. The normalized spacial score (nSPS) is 21.7. The van der Waals surface area contributed by atoms with E-state index < -0.39 is 30.2 Å². The highest BCUT2D eigenvalue weighted by Gasteiger charge is 2.47. The monoisotopic (exact) mass is 967 g/mol. The van der Waals surface area contributed by atoms with Crippen molar-refractivity contribution < 1.29 is 43.0 Å². The number of allylic oxidation sites excluding steroid dienone is 2. The molecule has 3 aliphatic rings. The summed E-state index contributed by atoms with van der Waals surface area (Å²) in [6, 6.07) is -1.36. The van der Waals surface area contributed by atoms with Crippen LogP contribution in [0.4, 0.5) is 0 Å². The smallest absolute Gasteiger partial charge is 0.252 e. The first-order chi connectivity index (χ1) is 31.8. The molecule has 67 heavy (non-hydrogen) atoms. The van der Waals surface area contributed by atoms with E-state index in [4.69, 9.17) is 21.1 Å². The first kappa shape index (κ1) is 60.9. The van der Waals surface area contributed by atoms with Crippen LogP contribution in [-0.2, 0) is 43.0 Å². The van der Waals surface area contributed by atoms with Gasteiger partial charge in [-0.15, -0.1) is 0 Å². The summed E-state index contributed by atoms with van der Waals surface area (Å²) in [5, 5.41) is 7.23. The van der Waals surface area contributed by atoms with Gasteiger partial charge in [0.05, 0.1) is 49.2 Å². The molecular weight excluding hydrogens is 881 g/mol. The quantitative estimate of drug-likeness (QED) is 0.0208. The Bertz CT molecular complexity index is 1590. The molecule has 5 amide bonds. The van der Waals surface area contributed by atoms with Crippen molar-refractivity contribution >= 4 is 54.1 Å². The molecule has 1 saturated carbocycles. The van der Waals surface area contributed by atoms with E-state index in [1.54, 1.807) is 44.0 Å². The highest BCUT2D eigenvalue weighted by molar-refractivity contribution is 7.97. The van der Waals surface area contributed by atoms with Gasteiger partial charge >= 0.3 is 0 Å². The summed E-state index contributed by atoms with van der Waals surface area (Å²) in [4.78, 5) is 93.2. The van der Waals surface area contributed by atoms with Crippen LogP contribution in [0.5, 0.6) is 0 Å². The highest BCUT2D eigenvalue weighted by atomic mass is 32.2. The van der Waals surface area contributed by atoms with Gasteiger partial charge in [-0.1, -0.05) is 59.4 Å². The molecule has 19 nitrogen and oxygen atoms in total. The molecular formula is C47H86N10O9S. The van der Waals surface area contributed by atoms with Crippen LogP contribution in [0.2, 0.25) is 0 Å². The summed E-state index contributed by atoms with van der Waals surface area (Å²) < 4.78 is 14.6. The van der Waals surface area contributed by atoms with Crippen molar-refractivity contribution in [3.63, 3.8) is 0 Å². The number of rotatable bonds is 26. The Kier molecular flexibility index (Phi) is 29.7. The first-order valence-corrected chi connectivity index (χ1v) is 24.8. The summed E-state index contributed by atoms with van der Waals surface area (Å²) in [6.45, 7) is 13.2. The first-order valence-electron chi connectivity index (χ1n) is 23.8. The zero-order valence-corrected chi connectivity index (χ0v) is 43.3. The van der Waals surface area contributed by atoms with E-state index >= 15 is 0 Å².